The Morgan fingerprint density at radius 3 is 2.58 bits per heavy atom. The van der Waals surface area contributed by atoms with Crippen LogP contribution in [0.4, 0.5) is 0 Å². The van der Waals surface area contributed by atoms with Crippen LogP contribution in [0.3, 0.4) is 0 Å². The number of aromatic nitrogens is 3. The summed E-state index contributed by atoms with van der Waals surface area (Å²) in [5.41, 5.74) is 2.84. The molecule has 0 saturated carbocycles. The molecule has 5 rings (SSSR count). The topological polar surface area (TPSA) is 72.7 Å². The van der Waals surface area contributed by atoms with Gasteiger partial charge in [-0.2, -0.15) is 0 Å². The summed E-state index contributed by atoms with van der Waals surface area (Å²) < 4.78 is 12.6. The molecule has 0 N–H and O–H groups in total. The average molecular weight is 419 g/mol. The van der Waals surface area contributed by atoms with E-state index in [2.05, 4.69) is 33.4 Å². The van der Waals surface area contributed by atoms with Gasteiger partial charge in [0.15, 0.2) is 17.2 Å². The van der Waals surface area contributed by atoms with Gasteiger partial charge in [0, 0.05) is 39.3 Å². The first-order valence-electron chi connectivity index (χ1n) is 10.6. The number of carbonyl (C=O) groups is 1. The van der Waals surface area contributed by atoms with Crippen molar-refractivity contribution in [3.63, 3.8) is 0 Å². The van der Waals surface area contributed by atoms with Crippen LogP contribution in [0, 0.1) is 0 Å². The Morgan fingerprint density at radius 1 is 0.935 bits per heavy atom. The molecule has 0 bridgehead atoms. The van der Waals surface area contributed by atoms with Gasteiger partial charge >= 0.3 is 0 Å². The molecule has 31 heavy (non-hydrogen) atoms. The molecule has 0 aliphatic carbocycles. The van der Waals surface area contributed by atoms with Crippen LogP contribution < -0.4 is 9.47 Å². The van der Waals surface area contributed by atoms with Gasteiger partial charge < -0.3 is 14.4 Å². The first-order chi connectivity index (χ1) is 15.2. The van der Waals surface area contributed by atoms with E-state index >= 15 is 0 Å². The van der Waals surface area contributed by atoms with Gasteiger partial charge in [-0.1, -0.05) is 41.6 Å². The van der Waals surface area contributed by atoms with E-state index in [1.165, 1.54) is 11.1 Å². The van der Waals surface area contributed by atoms with Crippen molar-refractivity contribution in [1.29, 1.82) is 0 Å². The smallest absolute Gasteiger partial charge is 0.276 e. The molecule has 1 amide bonds. The zero-order valence-corrected chi connectivity index (χ0v) is 17.3. The number of amides is 1. The second kappa shape index (κ2) is 8.77. The third-order valence-corrected chi connectivity index (χ3v) is 5.73. The van der Waals surface area contributed by atoms with E-state index in [9.17, 15) is 4.79 Å². The van der Waals surface area contributed by atoms with Crippen molar-refractivity contribution in [3.05, 3.63) is 71.5 Å². The summed E-state index contributed by atoms with van der Waals surface area (Å²) in [5.74, 6) is 1.56. The summed E-state index contributed by atoms with van der Waals surface area (Å²) in [5, 5.41) is 8.24. The van der Waals surface area contributed by atoms with Gasteiger partial charge in [0.25, 0.3) is 5.91 Å². The van der Waals surface area contributed by atoms with Crippen LogP contribution in [-0.2, 0) is 19.5 Å². The molecule has 2 aromatic carbocycles. The van der Waals surface area contributed by atoms with Crippen molar-refractivity contribution in [3.8, 4) is 11.5 Å². The molecular formula is C23H25N5O3. The third kappa shape index (κ3) is 4.54. The minimum atomic E-state index is -0.0475. The van der Waals surface area contributed by atoms with Crippen LogP contribution in [0.5, 0.6) is 11.5 Å². The SMILES string of the molecule is O=C(c1cn(CCc2ccccc2)nn1)N1CCN(Cc2ccc3c(c2)OCO3)CC1. The molecule has 0 unspecified atom stereocenters. The Hall–Kier alpha value is -3.39. The lowest BCUT2D eigenvalue weighted by Gasteiger charge is -2.34. The molecular weight excluding hydrogens is 394 g/mol. The van der Waals surface area contributed by atoms with Crippen molar-refractivity contribution in [2.75, 3.05) is 33.0 Å². The molecule has 160 valence electrons. The van der Waals surface area contributed by atoms with Crippen LogP contribution >= 0.6 is 0 Å². The molecule has 1 saturated heterocycles. The number of nitrogens with zero attached hydrogens (tertiary/aromatic N) is 5. The number of rotatable bonds is 6. The summed E-state index contributed by atoms with van der Waals surface area (Å²) in [7, 11) is 0. The molecule has 0 spiro atoms. The van der Waals surface area contributed by atoms with Crippen LogP contribution in [0.1, 0.15) is 21.6 Å². The highest BCUT2D eigenvalue weighted by molar-refractivity contribution is 5.92. The highest BCUT2D eigenvalue weighted by Gasteiger charge is 2.24. The zero-order valence-electron chi connectivity index (χ0n) is 17.3. The van der Waals surface area contributed by atoms with Crippen molar-refractivity contribution in [2.45, 2.75) is 19.5 Å². The van der Waals surface area contributed by atoms with E-state index < -0.39 is 0 Å². The van der Waals surface area contributed by atoms with Gasteiger partial charge in [-0.05, 0) is 29.7 Å². The quantitative estimate of drug-likeness (QED) is 0.610. The van der Waals surface area contributed by atoms with Gasteiger partial charge in [0.05, 0.1) is 6.20 Å². The predicted molar refractivity (Wildman–Crippen MR) is 114 cm³/mol. The largest absolute Gasteiger partial charge is 0.454 e. The van der Waals surface area contributed by atoms with E-state index in [0.717, 1.165) is 37.6 Å². The number of hydrogen-bond acceptors (Lipinski definition) is 6. The lowest BCUT2D eigenvalue weighted by atomic mass is 10.1. The van der Waals surface area contributed by atoms with Crippen LogP contribution in [-0.4, -0.2) is 63.7 Å². The predicted octanol–water partition coefficient (Wildman–Crippen LogP) is 2.21. The number of benzene rings is 2. The Balaban J connectivity index is 1.12. The molecule has 3 heterocycles. The minimum absolute atomic E-state index is 0.0475. The van der Waals surface area contributed by atoms with Crippen molar-refractivity contribution in [1.82, 2.24) is 24.8 Å². The molecule has 0 atom stereocenters. The van der Waals surface area contributed by atoms with Crippen LogP contribution in [0.25, 0.3) is 0 Å². The fourth-order valence-corrected chi connectivity index (χ4v) is 3.96. The van der Waals surface area contributed by atoms with Crippen molar-refractivity contribution in [2.24, 2.45) is 0 Å². The average Bonchev–Trinajstić information content (AvgIpc) is 3.48. The second-order valence-corrected chi connectivity index (χ2v) is 7.86. The van der Waals surface area contributed by atoms with E-state index in [-0.39, 0.29) is 12.7 Å². The fourth-order valence-electron chi connectivity index (χ4n) is 3.96. The lowest BCUT2D eigenvalue weighted by molar-refractivity contribution is 0.0622. The normalized spacial score (nSPS) is 15.9. The first-order valence-corrected chi connectivity index (χ1v) is 10.6. The number of aryl methyl sites for hydroxylation is 2. The van der Waals surface area contributed by atoms with Crippen LogP contribution in [0.2, 0.25) is 0 Å². The maximum absolute atomic E-state index is 12.8. The summed E-state index contributed by atoms with van der Waals surface area (Å²) in [6.07, 6.45) is 2.61. The van der Waals surface area contributed by atoms with E-state index in [1.54, 1.807) is 10.9 Å². The molecule has 0 radical (unpaired) electrons. The molecule has 1 aromatic heterocycles. The minimum Gasteiger partial charge on any atom is -0.454 e. The van der Waals surface area contributed by atoms with Gasteiger partial charge in [0.1, 0.15) is 0 Å². The van der Waals surface area contributed by atoms with Crippen molar-refractivity contribution < 1.29 is 14.3 Å². The Bertz CT molecular complexity index is 1040. The molecule has 2 aliphatic heterocycles. The van der Waals surface area contributed by atoms with Gasteiger partial charge in [-0.25, -0.2) is 0 Å². The van der Waals surface area contributed by atoms with Gasteiger partial charge in [0.2, 0.25) is 6.79 Å². The lowest BCUT2D eigenvalue weighted by Crippen LogP contribution is -2.48. The first kappa shape index (κ1) is 19.6. The summed E-state index contributed by atoms with van der Waals surface area (Å²) >= 11 is 0. The number of hydrogen-bond donors (Lipinski definition) is 0. The fraction of sp³-hybridized carbons (Fsp3) is 0.348. The zero-order chi connectivity index (χ0) is 21.0. The number of carbonyl (C=O) groups excluding carboxylic acids is 1. The van der Waals surface area contributed by atoms with E-state index in [1.807, 2.05) is 35.2 Å². The Morgan fingerprint density at radius 2 is 1.74 bits per heavy atom. The molecule has 2 aliphatic rings. The molecule has 8 heteroatoms. The summed E-state index contributed by atoms with van der Waals surface area (Å²) in [4.78, 5) is 17.0. The Kier molecular flexibility index (Phi) is 5.54. The summed E-state index contributed by atoms with van der Waals surface area (Å²) in [6, 6.07) is 16.3. The number of piperazine rings is 1. The standard InChI is InChI=1S/C23H25N5O3/c29-23(20-16-28(25-24-20)9-8-18-4-2-1-3-5-18)27-12-10-26(11-13-27)15-19-6-7-21-22(14-19)31-17-30-21/h1-7,14,16H,8-13,15,17H2. The second-order valence-electron chi connectivity index (χ2n) is 7.86. The maximum atomic E-state index is 12.8. The maximum Gasteiger partial charge on any atom is 0.276 e. The monoisotopic (exact) mass is 419 g/mol. The molecule has 3 aromatic rings. The third-order valence-electron chi connectivity index (χ3n) is 5.73. The van der Waals surface area contributed by atoms with Gasteiger partial charge in [-0.15, -0.1) is 5.10 Å². The molecule has 1 fully saturated rings. The number of fused-ring (bicyclic) bond motifs is 1. The molecule has 8 nitrogen and oxygen atoms in total. The van der Waals surface area contributed by atoms with E-state index in [0.29, 0.717) is 25.3 Å². The highest BCUT2D eigenvalue weighted by atomic mass is 16.7. The van der Waals surface area contributed by atoms with Crippen LogP contribution in [0.15, 0.2) is 54.7 Å². The Labute approximate surface area is 181 Å². The number of ether oxygens (including phenoxy) is 2. The summed E-state index contributed by atoms with van der Waals surface area (Å²) in [6.45, 7) is 4.82. The highest BCUT2D eigenvalue weighted by Crippen LogP contribution is 2.32. The van der Waals surface area contributed by atoms with Gasteiger partial charge in [-0.3, -0.25) is 14.4 Å². The van der Waals surface area contributed by atoms with E-state index in [4.69, 9.17) is 9.47 Å². The van der Waals surface area contributed by atoms with Crippen molar-refractivity contribution >= 4 is 5.91 Å².